The van der Waals surface area contributed by atoms with E-state index in [1.165, 1.54) is 0 Å². The molecule has 0 fully saturated rings. The van der Waals surface area contributed by atoms with E-state index in [4.69, 9.17) is 0 Å². The minimum absolute atomic E-state index is 0.0543. The molecule has 1 N–H and O–H groups in total. The van der Waals surface area contributed by atoms with Crippen LogP contribution in [-0.4, -0.2) is 19.5 Å². The summed E-state index contributed by atoms with van der Waals surface area (Å²) >= 11 is 0. The minimum Gasteiger partial charge on any atom is -0.492 e. The van der Waals surface area contributed by atoms with E-state index in [-0.39, 0.29) is 11.3 Å². The van der Waals surface area contributed by atoms with E-state index in [1.54, 1.807) is 6.20 Å². The summed E-state index contributed by atoms with van der Waals surface area (Å²) in [5.41, 5.74) is 0.825. The molecule has 0 saturated heterocycles. The van der Waals surface area contributed by atoms with E-state index in [2.05, 4.69) is 30.7 Å². The van der Waals surface area contributed by atoms with Gasteiger partial charge in [-0.05, 0) is 18.9 Å². The van der Waals surface area contributed by atoms with Crippen LogP contribution in [0.25, 0.3) is 5.78 Å². The third-order valence-electron chi connectivity index (χ3n) is 3.54. The van der Waals surface area contributed by atoms with E-state index >= 15 is 0 Å². The van der Waals surface area contributed by atoms with Gasteiger partial charge in [0.15, 0.2) is 0 Å². The van der Waals surface area contributed by atoms with Crippen molar-refractivity contribution in [1.29, 1.82) is 0 Å². The number of fused-ring (bicyclic) bond motifs is 1. The van der Waals surface area contributed by atoms with E-state index in [9.17, 15) is 5.11 Å². The van der Waals surface area contributed by atoms with Crippen LogP contribution in [0.15, 0.2) is 18.5 Å². The van der Waals surface area contributed by atoms with Crippen LogP contribution in [0.4, 0.5) is 0 Å². The van der Waals surface area contributed by atoms with Crippen LogP contribution in [0.5, 0.6) is 5.88 Å². The van der Waals surface area contributed by atoms with E-state index in [1.807, 2.05) is 16.7 Å². The summed E-state index contributed by atoms with van der Waals surface area (Å²) in [6.45, 7) is 6.48. The molecule has 0 aliphatic heterocycles. The molecular weight excluding hydrogens is 214 g/mol. The van der Waals surface area contributed by atoms with Crippen molar-refractivity contribution in [1.82, 2.24) is 14.4 Å². The van der Waals surface area contributed by atoms with Crippen LogP contribution >= 0.6 is 0 Å². The summed E-state index contributed by atoms with van der Waals surface area (Å²) in [4.78, 5) is 8.28. The molecule has 2 rings (SSSR count). The molecule has 0 aliphatic rings. The molecule has 0 radical (unpaired) electrons. The second kappa shape index (κ2) is 4.35. The fourth-order valence-corrected chi connectivity index (χ4v) is 2.45. The molecule has 2 aromatic heterocycles. The van der Waals surface area contributed by atoms with E-state index in [0.29, 0.717) is 5.78 Å². The number of rotatable bonds is 4. The van der Waals surface area contributed by atoms with Crippen molar-refractivity contribution in [2.45, 2.75) is 45.4 Å². The fourth-order valence-electron chi connectivity index (χ4n) is 2.45. The largest absolute Gasteiger partial charge is 0.492 e. The second-order valence-corrected chi connectivity index (χ2v) is 4.74. The number of hydrogen-bond acceptors (Lipinski definition) is 3. The maximum absolute atomic E-state index is 10.1. The second-order valence-electron chi connectivity index (χ2n) is 4.74. The number of nitrogens with zero attached hydrogens (tertiary/aromatic N) is 3. The van der Waals surface area contributed by atoms with Gasteiger partial charge >= 0.3 is 0 Å². The maximum Gasteiger partial charge on any atom is 0.237 e. The van der Waals surface area contributed by atoms with Gasteiger partial charge in [0, 0.05) is 17.8 Å². The fraction of sp³-hybridized carbons (Fsp3) is 0.538. The van der Waals surface area contributed by atoms with Crippen molar-refractivity contribution < 1.29 is 5.11 Å². The van der Waals surface area contributed by atoms with Gasteiger partial charge in [-0.1, -0.05) is 27.2 Å². The van der Waals surface area contributed by atoms with Crippen LogP contribution in [0.3, 0.4) is 0 Å². The summed E-state index contributed by atoms with van der Waals surface area (Å²) in [6, 6.07) is 1.86. The Morgan fingerprint density at radius 2 is 2.18 bits per heavy atom. The Hall–Kier alpha value is -1.58. The van der Waals surface area contributed by atoms with Crippen LogP contribution in [0, 0.1) is 0 Å². The lowest BCUT2D eigenvalue weighted by Crippen LogP contribution is -2.22. The Balaban J connectivity index is 2.64. The zero-order chi connectivity index (χ0) is 12.5. The molecule has 0 aromatic carbocycles. The molecule has 0 amide bonds. The first kappa shape index (κ1) is 11.9. The lowest BCUT2D eigenvalue weighted by molar-refractivity contribution is 0.366. The molecule has 1 unspecified atom stereocenters. The first-order valence-electron chi connectivity index (χ1n) is 6.15. The number of imidazole rings is 1. The van der Waals surface area contributed by atoms with Crippen LogP contribution in [0.2, 0.25) is 0 Å². The predicted octanol–water partition coefficient (Wildman–Crippen LogP) is 2.90. The number of aromatic hydroxyl groups is 1. The molecule has 1 atom stereocenters. The van der Waals surface area contributed by atoms with E-state index in [0.717, 1.165) is 25.0 Å². The summed E-state index contributed by atoms with van der Waals surface area (Å²) in [7, 11) is 0. The Morgan fingerprint density at radius 1 is 1.41 bits per heavy atom. The lowest BCUT2D eigenvalue weighted by atomic mass is 9.80. The summed E-state index contributed by atoms with van der Waals surface area (Å²) in [6.07, 6.45) is 6.68. The third-order valence-corrected chi connectivity index (χ3v) is 3.54. The van der Waals surface area contributed by atoms with Gasteiger partial charge in [0.1, 0.15) is 0 Å². The predicted molar refractivity (Wildman–Crippen MR) is 67.2 cm³/mol. The smallest absolute Gasteiger partial charge is 0.237 e. The normalized spacial score (nSPS) is 15.0. The molecule has 2 aromatic rings. The van der Waals surface area contributed by atoms with Crippen LogP contribution < -0.4 is 0 Å². The maximum atomic E-state index is 10.1. The van der Waals surface area contributed by atoms with Crippen molar-refractivity contribution in [2.75, 3.05) is 0 Å². The SMILES string of the molecule is CCCC(C)(CC)c1c(O)nc2ncccn12. The van der Waals surface area contributed by atoms with Gasteiger partial charge in [0.05, 0.1) is 5.69 Å². The van der Waals surface area contributed by atoms with Crippen molar-refractivity contribution in [3.8, 4) is 5.88 Å². The van der Waals surface area contributed by atoms with E-state index < -0.39 is 0 Å². The molecular formula is C13H19N3O. The average molecular weight is 233 g/mol. The van der Waals surface area contributed by atoms with Crippen LogP contribution in [-0.2, 0) is 5.41 Å². The number of aromatic nitrogens is 3. The summed E-state index contributed by atoms with van der Waals surface area (Å²) in [5.74, 6) is 0.678. The van der Waals surface area contributed by atoms with Crippen molar-refractivity contribution in [2.24, 2.45) is 0 Å². The topological polar surface area (TPSA) is 50.4 Å². The Morgan fingerprint density at radius 3 is 2.82 bits per heavy atom. The lowest BCUT2D eigenvalue weighted by Gasteiger charge is -2.27. The van der Waals surface area contributed by atoms with Gasteiger partial charge in [-0.3, -0.25) is 4.40 Å². The highest BCUT2D eigenvalue weighted by Gasteiger charge is 2.31. The van der Waals surface area contributed by atoms with Crippen molar-refractivity contribution in [3.63, 3.8) is 0 Å². The molecule has 0 saturated carbocycles. The zero-order valence-electron chi connectivity index (χ0n) is 10.6. The molecule has 2 heterocycles. The average Bonchev–Trinajstić information content (AvgIpc) is 2.65. The quantitative estimate of drug-likeness (QED) is 0.883. The standard InChI is InChI=1S/C13H19N3O/c1-4-7-13(3,5-2)10-11(17)15-12-14-8-6-9-16(10)12/h6,8-9,17H,4-5,7H2,1-3H3. The molecule has 0 bridgehead atoms. The van der Waals surface area contributed by atoms with Crippen molar-refractivity contribution in [3.05, 3.63) is 24.2 Å². The van der Waals surface area contributed by atoms with Gasteiger partial charge in [-0.15, -0.1) is 0 Å². The van der Waals surface area contributed by atoms with Gasteiger partial charge in [-0.25, -0.2) is 4.98 Å². The molecule has 4 nitrogen and oxygen atoms in total. The van der Waals surface area contributed by atoms with Gasteiger partial charge in [0.2, 0.25) is 11.7 Å². The molecule has 0 aliphatic carbocycles. The Bertz CT molecular complexity index is 520. The Labute approximate surface area is 101 Å². The monoisotopic (exact) mass is 233 g/mol. The third kappa shape index (κ3) is 1.88. The first-order chi connectivity index (χ1) is 8.12. The van der Waals surface area contributed by atoms with Crippen LogP contribution in [0.1, 0.15) is 45.7 Å². The van der Waals surface area contributed by atoms with Gasteiger partial charge < -0.3 is 5.11 Å². The minimum atomic E-state index is -0.0543. The highest BCUT2D eigenvalue weighted by molar-refractivity contribution is 5.41. The Kier molecular flexibility index (Phi) is 3.05. The van der Waals surface area contributed by atoms with Gasteiger partial charge in [-0.2, -0.15) is 4.98 Å². The zero-order valence-corrected chi connectivity index (χ0v) is 10.6. The summed E-state index contributed by atoms with van der Waals surface area (Å²) in [5, 5.41) is 10.1. The molecule has 4 heteroatoms. The summed E-state index contributed by atoms with van der Waals surface area (Å²) < 4.78 is 1.90. The highest BCUT2D eigenvalue weighted by Crippen LogP contribution is 2.37. The number of hydrogen-bond donors (Lipinski definition) is 1. The molecule has 17 heavy (non-hydrogen) atoms. The molecule has 92 valence electrons. The van der Waals surface area contributed by atoms with Gasteiger partial charge in [0.25, 0.3) is 0 Å². The highest BCUT2D eigenvalue weighted by atomic mass is 16.3. The van der Waals surface area contributed by atoms with Crippen molar-refractivity contribution >= 4 is 5.78 Å². The molecule has 0 spiro atoms. The first-order valence-corrected chi connectivity index (χ1v) is 6.15.